The Hall–Kier alpha value is -3.87. The summed E-state index contributed by atoms with van der Waals surface area (Å²) < 4.78 is 77.3. The number of benzene rings is 1. The first-order valence-corrected chi connectivity index (χ1v) is 9.58. The molecule has 1 aromatic carbocycles. The number of hydrogen-bond donors (Lipinski definition) is 2. The Kier molecular flexibility index (Phi) is 7.19. The number of alkyl halides is 6. The predicted molar refractivity (Wildman–Crippen MR) is 117 cm³/mol. The van der Waals surface area contributed by atoms with Crippen LogP contribution in [-0.4, -0.2) is 38.1 Å². The Labute approximate surface area is 199 Å². The van der Waals surface area contributed by atoms with Gasteiger partial charge in [0.1, 0.15) is 24.2 Å². The van der Waals surface area contributed by atoms with Crippen molar-refractivity contribution in [1.29, 1.82) is 0 Å². The number of pyridine rings is 1. The Morgan fingerprint density at radius 1 is 0.943 bits per heavy atom. The summed E-state index contributed by atoms with van der Waals surface area (Å²) in [6.45, 7) is -1.47. The molecule has 0 spiro atoms. The first-order chi connectivity index (χ1) is 16.0. The Bertz CT molecular complexity index is 1350. The van der Waals surface area contributed by atoms with E-state index < -0.39 is 30.6 Å². The Morgan fingerprint density at radius 2 is 1.71 bits per heavy atom. The van der Waals surface area contributed by atoms with Crippen LogP contribution < -0.4 is 10.6 Å². The second-order valence-electron chi connectivity index (χ2n) is 7.08. The fourth-order valence-corrected chi connectivity index (χ4v) is 3.14. The third-order valence-corrected chi connectivity index (χ3v) is 4.63. The smallest absolute Gasteiger partial charge is 0.329 e. The summed E-state index contributed by atoms with van der Waals surface area (Å²) in [6, 6.07) is 9.30. The summed E-state index contributed by atoms with van der Waals surface area (Å²) in [5, 5.41) is 4.04. The molecule has 4 aromatic rings. The SMILES string of the molecule is Cl.O=C(NCC(F)(F)F)Nc1cccc(-c2cnc3cc(-c4cc(C(F)(F)F)ncn4)ccn23)c1. The quantitative estimate of drug-likeness (QED) is 0.347. The van der Waals surface area contributed by atoms with Crippen molar-refractivity contribution in [2.24, 2.45) is 0 Å². The second-order valence-corrected chi connectivity index (χ2v) is 7.08. The van der Waals surface area contributed by atoms with Crippen molar-refractivity contribution in [1.82, 2.24) is 24.7 Å². The van der Waals surface area contributed by atoms with Crippen molar-refractivity contribution >= 4 is 29.8 Å². The van der Waals surface area contributed by atoms with Crippen LogP contribution in [0.25, 0.3) is 28.2 Å². The zero-order valence-corrected chi connectivity index (χ0v) is 18.2. The topological polar surface area (TPSA) is 84.2 Å². The third kappa shape index (κ3) is 6.18. The van der Waals surface area contributed by atoms with Gasteiger partial charge in [0.15, 0.2) is 0 Å². The number of urea groups is 1. The predicted octanol–water partition coefficient (Wildman–Crippen LogP) is 5.58. The minimum absolute atomic E-state index is 0. The summed E-state index contributed by atoms with van der Waals surface area (Å²) in [5.41, 5.74) is 1.25. The first kappa shape index (κ1) is 25.7. The lowest BCUT2D eigenvalue weighted by atomic mass is 10.1. The molecule has 3 aromatic heterocycles. The molecule has 0 saturated heterocycles. The number of rotatable bonds is 4. The van der Waals surface area contributed by atoms with E-state index in [9.17, 15) is 31.1 Å². The lowest BCUT2D eigenvalue weighted by Gasteiger charge is -2.11. The number of hydrogen-bond acceptors (Lipinski definition) is 4. The fourth-order valence-electron chi connectivity index (χ4n) is 3.14. The number of amides is 2. The maximum Gasteiger partial charge on any atom is 0.433 e. The second kappa shape index (κ2) is 9.78. The van der Waals surface area contributed by atoms with E-state index in [4.69, 9.17) is 0 Å². The molecule has 14 heteroatoms. The van der Waals surface area contributed by atoms with Gasteiger partial charge in [0, 0.05) is 23.0 Å². The monoisotopic (exact) mass is 516 g/mol. The number of anilines is 1. The van der Waals surface area contributed by atoms with Gasteiger partial charge in [-0.2, -0.15) is 26.3 Å². The normalized spacial score (nSPS) is 11.7. The molecule has 2 N–H and O–H groups in total. The van der Waals surface area contributed by atoms with E-state index in [1.54, 1.807) is 46.2 Å². The molecule has 0 radical (unpaired) electrons. The molecule has 184 valence electrons. The summed E-state index contributed by atoms with van der Waals surface area (Å²) in [7, 11) is 0. The van der Waals surface area contributed by atoms with Crippen molar-refractivity contribution in [3.8, 4) is 22.5 Å². The summed E-state index contributed by atoms with van der Waals surface area (Å²) in [5.74, 6) is 0. The van der Waals surface area contributed by atoms with E-state index >= 15 is 0 Å². The molecule has 0 atom stereocenters. The van der Waals surface area contributed by atoms with Gasteiger partial charge < -0.3 is 10.6 Å². The number of halogens is 7. The van der Waals surface area contributed by atoms with Crippen LogP contribution >= 0.6 is 12.4 Å². The van der Waals surface area contributed by atoms with E-state index in [-0.39, 0.29) is 23.8 Å². The maximum atomic E-state index is 12.9. The standard InChI is InChI=1S/C21H14F6N6O.ClH/c22-20(23,24)10-29-19(34)32-14-3-1-2-13(6-14)16-9-28-18-7-12(4-5-33(16)18)15-8-17(21(25,26)27)31-11-30-15;/h1-9,11H,10H2,(H2,29,32,34);1H. The van der Waals surface area contributed by atoms with Crippen LogP contribution in [0.2, 0.25) is 0 Å². The lowest BCUT2D eigenvalue weighted by Crippen LogP contribution is -2.36. The largest absolute Gasteiger partial charge is 0.433 e. The molecule has 0 unspecified atom stereocenters. The molecule has 2 amide bonds. The highest BCUT2D eigenvalue weighted by atomic mass is 35.5. The lowest BCUT2D eigenvalue weighted by molar-refractivity contribution is -0.141. The molecule has 0 aliphatic heterocycles. The average molecular weight is 517 g/mol. The number of fused-ring (bicyclic) bond motifs is 1. The van der Waals surface area contributed by atoms with Crippen LogP contribution in [0.3, 0.4) is 0 Å². The van der Waals surface area contributed by atoms with Gasteiger partial charge in [-0.3, -0.25) is 4.40 Å². The molecule has 0 bridgehead atoms. The van der Waals surface area contributed by atoms with Crippen molar-refractivity contribution in [2.75, 3.05) is 11.9 Å². The molecule has 4 rings (SSSR count). The van der Waals surface area contributed by atoms with Gasteiger partial charge in [-0.1, -0.05) is 12.1 Å². The Morgan fingerprint density at radius 3 is 2.43 bits per heavy atom. The van der Waals surface area contributed by atoms with E-state index in [0.29, 0.717) is 22.5 Å². The molecule has 3 heterocycles. The van der Waals surface area contributed by atoms with Gasteiger partial charge in [-0.15, -0.1) is 12.4 Å². The van der Waals surface area contributed by atoms with E-state index in [0.717, 1.165) is 12.4 Å². The fraction of sp³-hybridized carbons (Fsp3) is 0.143. The van der Waals surface area contributed by atoms with Crippen molar-refractivity contribution in [3.05, 3.63) is 66.9 Å². The van der Waals surface area contributed by atoms with Gasteiger partial charge in [0.05, 0.1) is 17.6 Å². The molecule has 7 nitrogen and oxygen atoms in total. The minimum atomic E-state index is -4.61. The first-order valence-electron chi connectivity index (χ1n) is 9.58. The zero-order valence-electron chi connectivity index (χ0n) is 17.4. The summed E-state index contributed by atoms with van der Waals surface area (Å²) in [6.07, 6.45) is -5.19. The van der Waals surface area contributed by atoms with E-state index in [1.165, 1.54) is 12.3 Å². The maximum absolute atomic E-state index is 12.9. The van der Waals surface area contributed by atoms with E-state index in [2.05, 4.69) is 20.3 Å². The number of carbonyl (C=O) groups excluding carboxylic acids is 1. The number of aromatic nitrogens is 4. The highest BCUT2D eigenvalue weighted by Gasteiger charge is 2.33. The van der Waals surface area contributed by atoms with Crippen LogP contribution in [0.5, 0.6) is 0 Å². The van der Waals surface area contributed by atoms with Crippen molar-refractivity contribution < 1.29 is 31.1 Å². The third-order valence-electron chi connectivity index (χ3n) is 4.63. The number of carbonyl (C=O) groups is 1. The highest BCUT2D eigenvalue weighted by Crippen LogP contribution is 2.30. The van der Waals surface area contributed by atoms with Crippen LogP contribution in [0.4, 0.5) is 36.8 Å². The summed E-state index contributed by atoms with van der Waals surface area (Å²) in [4.78, 5) is 23.1. The molecular formula is C21H15ClF6N6O. The molecule has 35 heavy (non-hydrogen) atoms. The molecule has 0 aliphatic rings. The number of nitrogens with one attached hydrogen (secondary N) is 2. The number of imidazole rings is 1. The molecular weight excluding hydrogens is 502 g/mol. The van der Waals surface area contributed by atoms with Gasteiger partial charge in [-0.05, 0) is 30.3 Å². The number of nitrogens with zero attached hydrogens (tertiary/aromatic N) is 4. The highest BCUT2D eigenvalue weighted by molar-refractivity contribution is 5.90. The van der Waals surface area contributed by atoms with Crippen LogP contribution in [0.15, 0.2) is 61.2 Å². The molecule has 0 saturated carbocycles. The van der Waals surface area contributed by atoms with Crippen LogP contribution in [-0.2, 0) is 6.18 Å². The van der Waals surface area contributed by atoms with Crippen molar-refractivity contribution in [3.63, 3.8) is 0 Å². The van der Waals surface area contributed by atoms with Gasteiger partial charge >= 0.3 is 18.4 Å². The Balaban J connectivity index is 0.00000342. The van der Waals surface area contributed by atoms with Crippen LogP contribution in [0.1, 0.15) is 5.69 Å². The van der Waals surface area contributed by atoms with Gasteiger partial charge in [0.25, 0.3) is 0 Å². The molecule has 0 fully saturated rings. The van der Waals surface area contributed by atoms with Crippen LogP contribution in [0, 0.1) is 0 Å². The van der Waals surface area contributed by atoms with Gasteiger partial charge in [0.2, 0.25) is 0 Å². The molecule has 0 aliphatic carbocycles. The minimum Gasteiger partial charge on any atom is -0.329 e. The zero-order chi connectivity index (χ0) is 24.5. The van der Waals surface area contributed by atoms with E-state index in [1.807, 2.05) is 0 Å². The average Bonchev–Trinajstić information content (AvgIpc) is 3.20. The van der Waals surface area contributed by atoms with Crippen molar-refractivity contribution in [2.45, 2.75) is 12.4 Å². The van der Waals surface area contributed by atoms with Gasteiger partial charge in [-0.25, -0.2) is 19.7 Å². The summed E-state index contributed by atoms with van der Waals surface area (Å²) >= 11 is 0.